The summed E-state index contributed by atoms with van der Waals surface area (Å²) in [5.41, 5.74) is -0.186. The first-order valence-corrected chi connectivity index (χ1v) is 8.32. The highest BCUT2D eigenvalue weighted by atomic mass is 19.4. The minimum atomic E-state index is -7.00. The standard InChI is InChI=1S/C16H21F9O4/c1-4-12(2,3)6-5-10(26)29-9-11(27)28-8-7-13(17,18)14(19,20)15(21,22)16(23,24)25/h4-9H2,1-3H3. The Morgan fingerprint density at radius 1 is 0.759 bits per heavy atom. The number of alkyl halides is 9. The molecule has 0 aliphatic heterocycles. The number of carbonyl (C=O) groups excluding carboxylic acids is 2. The Morgan fingerprint density at radius 2 is 1.28 bits per heavy atom. The van der Waals surface area contributed by atoms with E-state index in [0.29, 0.717) is 6.42 Å². The van der Waals surface area contributed by atoms with Crippen LogP contribution in [0, 0.1) is 5.41 Å². The first-order chi connectivity index (χ1) is 12.8. The topological polar surface area (TPSA) is 52.6 Å². The molecule has 0 saturated carbocycles. The fourth-order valence-electron chi connectivity index (χ4n) is 1.73. The molecule has 29 heavy (non-hydrogen) atoms. The molecule has 0 N–H and O–H groups in total. The highest BCUT2D eigenvalue weighted by Crippen LogP contribution is 2.53. The molecule has 0 radical (unpaired) electrons. The van der Waals surface area contributed by atoms with Crippen molar-refractivity contribution in [1.82, 2.24) is 0 Å². The van der Waals surface area contributed by atoms with Crippen molar-refractivity contribution in [3.8, 4) is 0 Å². The molecule has 0 saturated heterocycles. The maximum absolute atomic E-state index is 13.2. The average Bonchev–Trinajstić information content (AvgIpc) is 2.56. The van der Waals surface area contributed by atoms with Crippen molar-refractivity contribution in [1.29, 1.82) is 0 Å². The van der Waals surface area contributed by atoms with Gasteiger partial charge in [-0.25, -0.2) is 4.79 Å². The Morgan fingerprint density at radius 3 is 1.72 bits per heavy atom. The Hall–Kier alpha value is -1.69. The van der Waals surface area contributed by atoms with E-state index in [4.69, 9.17) is 0 Å². The summed E-state index contributed by atoms with van der Waals surface area (Å²) in [5, 5.41) is 0. The van der Waals surface area contributed by atoms with Crippen molar-refractivity contribution in [2.24, 2.45) is 5.41 Å². The van der Waals surface area contributed by atoms with Crippen LogP contribution in [0.25, 0.3) is 0 Å². The molecule has 0 unspecified atom stereocenters. The van der Waals surface area contributed by atoms with Gasteiger partial charge in [-0.3, -0.25) is 4.79 Å². The molecule has 4 nitrogen and oxygen atoms in total. The molecular weight excluding hydrogens is 427 g/mol. The lowest BCUT2D eigenvalue weighted by Crippen LogP contribution is -2.61. The average molecular weight is 448 g/mol. The molecule has 0 aromatic rings. The van der Waals surface area contributed by atoms with Gasteiger partial charge in [0.2, 0.25) is 0 Å². The number of hydrogen-bond donors (Lipinski definition) is 0. The van der Waals surface area contributed by atoms with Crippen LogP contribution in [0.15, 0.2) is 0 Å². The number of rotatable bonds is 11. The summed E-state index contributed by atoms with van der Waals surface area (Å²) in [5.74, 6) is -21.9. The van der Waals surface area contributed by atoms with E-state index in [9.17, 15) is 49.1 Å². The zero-order valence-corrected chi connectivity index (χ0v) is 15.8. The van der Waals surface area contributed by atoms with Gasteiger partial charge in [-0.05, 0) is 11.8 Å². The molecule has 0 aromatic heterocycles. The van der Waals surface area contributed by atoms with Crippen LogP contribution >= 0.6 is 0 Å². The minimum Gasteiger partial charge on any atom is -0.463 e. The lowest BCUT2D eigenvalue weighted by Gasteiger charge is -2.33. The fraction of sp³-hybridized carbons (Fsp3) is 0.875. The molecule has 0 heterocycles. The van der Waals surface area contributed by atoms with E-state index in [1.807, 2.05) is 20.8 Å². The molecule has 0 fully saturated rings. The molecule has 0 spiro atoms. The summed E-state index contributed by atoms with van der Waals surface area (Å²) in [7, 11) is 0. The maximum atomic E-state index is 13.2. The first kappa shape index (κ1) is 27.3. The smallest absolute Gasteiger partial charge is 0.460 e. The summed E-state index contributed by atoms with van der Waals surface area (Å²) in [4.78, 5) is 22.7. The van der Waals surface area contributed by atoms with E-state index < -0.39 is 55.5 Å². The van der Waals surface area contributed by atoms with Crippen molar-refractivity contribution in [3.63, 3.8) is 0 Å². The second-order valence-electron chi connectivity index (χ2n) is 7.00. The van der Waals surface area contributed by atoms with Crippen LogP contribution in [-0.2, 0) is 19.1 Å². The number of esters is 2. The molecule has 13 heteroatoms. The van der Waals surface area contributed by atoms with E-state index in [2.05, 4.69) is 9.47 Å². The first-order valence-electron chi connectivity index (χ1n) is 8.32. The summed E-state index contributed by atoms with van der Waals surface area (Å²) in [6.07, 6.45) is -8.15. The largest absolute Gasteiger partial charge is 0.463 e. The third-order valence-corrected chi connectivity index (χ3v) is 4.20. The van der Waals surface area contributed by atoms with E-state index in [-0.39, 0.29) is 11.8 Å². The van der Waals surface area contributed by atoms with Crippen LogP contribution in [0.4, 0.5) is 39.5 Å². The van der Waals surface area contributed by atoms with E-state index in [1.165, 1.54) is 0 Å². The van der Waals surface area contributed by atoms with E-state index in [1.54, 1.807) is 0 Å². The third-order valence-electron chi connectivity index (χ3n) is 4.20. The van der Waals surface area contributed by atoms with Crippen LogP contribution in [0.2, 0.25) is 0 Å². The van der Waals surface area contributed by atoms with Crippen LogP contribution < -0.4 is 0 Å². The van der Waals surface area contributed by atoms with Gasteiger partial charge in [0.15, 0.2) is 6.61 Å². The highest BCUT2D eigenvalue weighted by Gasteiger charge is 2.81. The van der Waals surface area contributed by atoms with Gasteiger partial charge < -0.3 is 9.47 Å². The normalized spacial score (nSPS) is 13.9. The van der Waals surface area contributed by atoms with Crippen molar-refractivity contribution in [2.45, 2.75) is 70.4 Å². The Bertz CT molecular complexity index is 571. The number of carbonyl (C=O) groups is 2. The summed E-state index contributed by atoms with van der Waals surface area (Å²) in [6.45, 7) is 2.95. The van der Waals surface area contributed by atoms with Gasteiger partial charge in [-0.2, -0.15) is 39.5 Å². The molecule has 172 valence electrons. The van der Waals surface area contributed by atoms with Crippen molar-refractivity contribution < 1.29 is 58.6 Å². The van der Waals surface area contributed by atoms with Crippen molar-refractivity contribution in [2.75, 3.05) is 13.2 Å². The zero-order valence-electron chi connectivity index (χ0n) is 15.8. The third kappa shape index (κ3) is 7.25. The molecule has 0 atom stereocenters. The summed E-state index contributed by atoms with van der Waals surface area (Å²) >= 11 is 0. The molecule has 0 aromatic carbocycles. The molecular formula is C16H21F9O4. The quantitative estimate of drug-likeness (QED) is 0.324. The van der Waals surface area contributed by atoms with Crippen LogP contribution in [-0.4, -0.2) is 49.1 Å². The number of hydrogen-bond acceptors (Lipinski definition) is 4. The predicted octanol–water partition coefficient (Wildman–Crippen LogP) is 5.15. The minimum absolute atomic E-state index is 0.0784. The molecule has 0 aliphatic rings. The van der Waals surface area contributed by atoms with Gasteiger partial charge in [0.25, 0.3) is 0 Å². The Kier molecular flexibility index (Phi) is 8.87. The lowest BCUT2D eigenvalue weighted by atomic mass is 9.85. The lowest BCUT2D eigenvalue weighted by molar-refractivity contribution is -0.397. The fourth-order valence-corrected chi connectivity index (χ4v) is 1.73. The highest BCUT2D eigenvalue weighted by molar-refractivity contribution is 5.76. The summed E-state index contributed by atoms with van der Waals surface area (Å²) < 4.78 is 122. The van der Waals surface area contributed by atoms with E-state index >= 15 is 0 Å². The molecule has 0 rings (SSSR count). The van der Waals surface area contributed by atoms with Gasteiger partial charge in [0.05, 0.1) is 13.0 Å². The van der Waals surface area contributed by atoms with Gasteiger partial charge in [0.1, 0.15) is 0 Å². The van der Waals surface area contributed by atoms with Crippen LogP contribution in [0.1, 0.15) is 46.5 Å². The Labute approximate surface area is 160 Å². The summed E-state index contributed by atoms with van der Waals surface area (Å²) in [6, 6.07) is 0. The van der Waals surface area contributed by atoms with Gasteiger partial charge in [-0.1, -0.05) is 27.2 Å². The predicted molar refractivity (Wildman–Crippen MR) is 80.7 cm³/mol. The monoisotopic (exact) mass is 448 g/mol. The van der Waals surface area contributed by atoms with Crippen LogP contribution in [0.3, 0.4) is 0 Å². The van der Waals surface area contributed by atoms with Gasteiger partial charge in [-0.15, -0.1) is 0 Å². The van der Waals surface area contributed by atoms with Crippen molar-refractivity contribution in [3.05, 3.63) is 0 Å². The van der Waals surface area contributed by atoms with Crippen LogP contribution in [0.5, 0.6) is 0 Å². The molecule has 0 bridgehead atoms. The Balaban J connectivity index is 4.57. The second kappa shape index (κ2) is 9.41. The van der Waals surface area contributed by atoms with Crippen molar-refractivity contribution >= 4 is 11.9 Å². The maximum Gasteiger partial charge on any atom is 0.460 e. The van der Waals surface area contributed by atoms with Gasteiger partial charge >= 0.3 is 35.9 Å². The molecule has 0 aliphatic carbocycles. The SMILES string of the molecule is CCC(C)(C)CCC(=O)OCC(=O)OCCC(F)(F)C(F)(F)C(F)(F)C(F)(F)F. The molecule has 0 amide bonds. The van der Waals surface area contributed by atoms with Gasteiger partial charge in [0, 0.05) is 6.42 Å². The van der Waals surface area contributed by atoms with E-state index in [0.717, 1.165) is 6.42 Å². The number of ether oxygens (including phenoxy) is 2. The zero-order chi connectivity index (χ0) is 23.3. The second-order valence-corrected chi connectivity index (χ2v) is 7.00. The number of halogens is 9.